The number of nitrogens with one attached hydrogen (secondary N) is 2. The summed E-state index contributed by atoms with van der Waals surface area (Å²) in [5, 5.41) is 4.06. The number of anilines is 1. The zero-order valence-corrected chi connectivity index (χ0v) is 17.2. The van der Waals surface area contributed by atoms with Crippen LogP contribution in [-0.2, 0) is 13.0 Å². The molecular formula is C21H25N3O3S. The molecule has 28 heavy (non-hydrogen) atoms. The second-order valence-electron chi connectivity index (χ2n) is 7.26. The fraction of sp³-hybridized carbons (Fsp3) is 0.429. The summed E-state index contributed by atoms with van der Waals surface area (Å²) >= 11 is 1.60. The molecule has 0 spiro atoms. The molecule has 0 bridgehead atoms. The number of hydrogen-bond acceptors (Lipinski definition) is 6. The van der Waals surface area contributed by atoms with E-state index < -0.39 is 0 Å². The fourth-order valence-electron chi connectivity index (χ4n) is 3.38. The Kier molecular flexibility index (Phi) is 5.26. The summed E-state index contributed by atoms with van der Waals surface area (Å²) in [7, 11) is 0. The van der Waals surface area contributed by atoms with Crippen molar-refractivity contribution in [2.75, 3.05) is 18.5 Å². The summed E-state index contributed by atoms with van der Waals surface area (Å²) in [6, 6.07) is 5.73. The highest BCUT2D eigenvalue weighted by atomic mass is 32.1. The zero-order valence-electron chi connectivity index (χ0n) is 16.4. The number of aromatic amines is 1. The molecule has 4 rings (SSSR count). The molecule has 3 heterocycles. The van der Waals surface area contributed by atoms with Gasteiger partial charge in [0.25, 0.3) is 5.56 Å². The molecule has 2 N–H and O–H groups in total. The summed E-state index contributed by atoms with van der Waals surface area (Å²) in [6.07, 6.45) is 2.02. The molecule has 2 aromatic heterocycles. The molecule has 148 valence electrons. The Morgan fingerprint density at radius 3 is 2.86 bits per heavy atom. The summed E-state index contributed by atoms with van der Waals surface area (Å²) in [5.41, 5.74) is 1.99. The third-order valence-corrected chi connectivity index (χ3v) is 6.20. The summed E-state index contributed by atoms with van der Waals surface area (Å²) < 4.78 is 11.2. The first-order valence-corrected chi connectivity index (χ1v) is 10.5. The first kappa shape index (κ1) is 18.8. The van der Waals surface area contributed by atoms with E-state index in [1.54, 1.807) is 11.3 Å². The van der Waals surface area contributed by atoms with Crippen molar-refractivity contribution in [1.29, 1.82) is 0 Å². The van der Waals surface area contributed by atoms with Crippen LogP contribution in [0.1, 0.15) is 36.5 Å². The van der Waals surface area contributed by atoms with Gasteiger partial charge in [-0.2, -0.15) is 0 Å². The van der Waals surface area contributed by atoms with Crippen LogP contribution < -0.4 is 20.3 Å². The summed E-state index contributed by atoms with van der Waals surface area (Å²) in [5.74, 6) is 2.67. The maximum atomic E-state index is 12.8. The lowest BCUT2D eigenvalue weighted by Gasteiger charge is -2.19. The van der Waals surface area contributed by atoms with Crippen molar-refractivity contribution in [3.8, 4) is 11.5 Å². The lowest BCUT2D eigenvalue weighted by atomic mass is 9.98. The molecule has 0 unspecified atom stereocenters. The van der Waals surface area contributed by atoms with Crippen molar-refractivity contribution in [2.24, 2.45) is 5.92 Å². The minimum absolute atomic E-state index is 0.0494. The molecule has 0 radical (unpaired) electrons. The number of hydrogen-bond donors (Lipinski definition) is 2. The van der Waals surface area contributed by atoms with E-state index in [0.29, 0.717) is 31.5 Å². The number of H-pyrrole nitrogens is 1. The number of fused-ring (bicyclic) bond motifs is 2. The van der Waals surface area contributed by atoms with Crippen LogP contribution in [0.3, 0.4) is 0 Å². The second kappa shape index (κ2) is 7.83. The average molecular weight is 400 g/mol. The molecular weight excluding hydrogens is 374 g/mol. The first-order chi connectivity index (χ1) is 13.5. The number of ether oxygens (including phenoxy) is 2. The lowest BCUT2D eigenvalue weighted by molar-refractivity contribution is 0.171. The van der Waals surface area contributed by atoms with E-state index in [1.807, 2.05) is 18.2 Å². The maximum absolute atomic E-state index is 12.8. The fourth-order valence-corrected chi connectivity index (χ4v) is 4.45. The Labute approximate surface area is 167 Å². The topological polar surface area (TPSA) is 76.2 Å². The Hall–Kier alpha value is -2.54. The van der Waals surface area contributed by atoms with E-state index in [2.05, 4.69) is 31.1 Å². The molecule has 1 aliphatic rings. The summed E-state index contributed by atoms with van der Waals surface area (Å²) in [6.45, 7) is 8.04. The molecule has 1 aromatic carbocycles. The van der Waals surface area contributed by atoms with Crippen LogP contribution in [0.15, 0.2) is 23.0 Å². The molecule has 3 aromatic rings. The normalized spacial score (nSPS) is 14.2. The van der Waals surface area contributed by atoms with Gasteiger partial charge in [-0.25, -0.2) is 4.98 Å². The van der Waals surface area contributed by atoms with Gasteiger partial charge in [0.1, 0.15) is 23.9 Å². The molecule has 6 nitrogen and oxygen atoms in total. The van der Waals surface area contributed by atoms with Crippen LogP contribution >= 0.6 is 11.3 Å². The Bertz CT molecular complexity index is 1060. The maximum Gasteiger partial charge on any atom is 0.259 e. The highest BCUT2D eigenvalue weighted by Gasteiger charge is 2.17. The molecule has 1 aliphatic heterocycles. The van der Waals surface area contributed by atoms with Gasteiger partial charge < -0.3 is 19.8 Å². The lowest BCUT2D eigenvalue weighted by Crippen LogP contribution is -2.16. The van der Waals surface area contributed by atoms with E-state index in [0.717, 1.165) is 45.8 Å². The minimum atomic E-state index is -0.0494. The molecule has 0 aliphatic carbocycles. The molecule has 0 fully saturated rings. The highest BCUT2D eigenvalue weighted by Crippen LogP contribution is 2.33. The van der Waals surface area contributed by atoms with Crippen molar-refractivity contribution in [3.63, 3.8) is 0 Å². The van der Waals surface area contributed by atoms with Gasteiger partial charge in [-0.1, -0.05) is 20.3 Å². The van der Waals surface area contributed by atoms with Crippen LogP contribution in [0, 0.1) is 12.8 Å². The number of rotatable bonds is 6. The van der Waals surface area contributed by atoms with E-state index in [4.69, 9.17) is 14.5 Å². The summed E-state index contributed by atoms with van der Waals surface area (Å²) in [4.78, 5) is 22.4. The number of nitrogens with zero attached hydrogens (tertiary/aromatic N) is 1. The second-order valence-corrected chi connectivity index (χ2v) is 8.46. The average Bonchev–Trinajstić information content (AvgIpc) is 3.01. The van der Waals surface area contributed by atoms with Gasteiger partial charge in [-0.15, -0.1) is 11.3 Å². The minimum Gasteiger partial charge on any atom is -0.486 e. The number of aromatic nitrogens is 2. The van der Waals surface area contributed by atoms with Gasteiger partial charge in [0.05, 0.1) is 11.9 Å². The number of aryl methyl sites for hydroxylation is 1. The third kappa shape index (κ3) is 3.71. The molecule has 0 amide bonds. The number of thiophene rings is 1. The van der Waals surface area contributed by atoms with Gasteiger partial charge >= 0.3 is 0 Å². The van der Waals surface area contributed by atoms with Crippen molar-refractivity contribution in [3.05, 3.63) is 44.8 Å². The molecule has 0 saturated heterocycles. The predicted octanol–water partition coefficient (Wildman–Crippen LogP) is 4.26. The van der Waals surface area contributed by atoms with E-state index in [9.17, 15) is 4.79 Å². The highest BCUT2D eigenvalue weighted by molar-refractivity contribution is 7.18. The molecule has 0 saturated carbocycles. The largest absolute Gasteiger partial charge is 0.486 e. The van der Waals surface area contributed by atoms with E-state index in [1.165, 1.54) is 4.88 Å². The van der Waals surface area contributed by atoms with Crippen LogP contribution in [0.2, 0.25) is 0 Å². The first-order valence-electron chi connectivity index (χ1n) is 9.69. The van der Waals surface area contributed by atoms with Crippen LogP contribution in [0.5, 0.6) is 11.5 Å². The van der Waals surface area contributed by atoms with Crippen molar-refractivity contribution in [2.45, 2.75) is 40.2 Å². The van der Waals surface area contributed by atoms with E-state index in [-0.39, 0.29) is 5.56 Å². The Morgan fingerprint density at radius 1 is 1.29 bits per heavy atom. The quantitative estimate of drug-likeness (QED) is 0.647. The molecule has 7 heteroatoms. The van der Waals surface area contributed by atoms with E-state index >= 15 is 0 Å². The Morgan fingerprint density at radius 2 is 2.07 bits per heavy atom. The SMILES string of the molecule is CC[C@H](C)Cc1c(C)sc2nc(CNc3ccc4c(c3)OCCO4)[nH]c(=O)c12. The van der Waals surface area contributed by atoms with Crippen LogP contribution in [0.4, 0.5) is 5.69 Å². The predicted molar refractivity (Wildman–Crippen MR) is 113 cm³/mol. The van der Waals surface area contributed by atoms with Gasteiger partial charge in [-0.3, -0.25) is 4.79 Å². The van der Waals surface area contributed by atoms with Gasteiger partial charge in [0, 0.05) is 16.6 Å². The van der Waals surface area contributed by atoms with Crippen molar-refractivity contribution >= 4 is 27.2 Å². The smallest absolute Gasteiger partial charge is 0.259 e. The molecule has 1 atom stereocenters. The van der Waals surface area contributed by atoms with Crippen LogP contribution in [0.25, 0.3) is 10.2 Å². The van der Waals surface area contributed by atoms with Gasteiger partial charge in [-0.05, 0) is 37.0 Å². The zero-order chi connectivity index (χ0) is 19.7. The van der Waals surface area contributed by atoms with Crippen LogP contribution in [-0.4, -0.2) is 23.2 Å². The monoisotopic (exact) mass is 399 g/mol. The van der Waals surface area contributed by atoms with Crippen molar-refractivity contribution < 1.29 is 9.47 Å². The van der Waals surface area contributed by atoms with Crippen molar-refractivity contribution in [1.82, 2.24) is 9.97 Å². The van der Waals surface area contributed by atoms with Gasteiger partial charge in [0.15, 0.2) is 11.5 Å². The van der Waals surface area contributed by atoms with Gasteiger partial charge in [0.2, 0.25) is 0 Å². The number of benzene rings is 1. The third-order valence-electron chi connectivity index (χ3n) is 5.16. The standard InChI is InChI=1S/C21H25N3O3S/c1-4-12(2)9-15-13(3)28-21-19(15)20(25)23-18(24-21)11-22-14-5-6-16-17(10-14)27-8-7-26-16/h5-6,10,12,22H,4,7-9,11H2,1-3H3,(H,23,24,25)/t12-/m0/s1. The Balaban J connectivity index is 1.56.